The van der Waals surface area contributed by atoms with Crippen molar-refractivity contribution in [3.8, 4) is 0 Å². The Morgan fingerprint density at radius 3 is 2.56 bits per heavy atom. The Balaban J connectivity index is 3.03. The zero-order chi connectivity index (χ0) is 14.0. The average Bonchev–Trinajstić information content (AvgIpc) is 2.58. The van der Waals surface area contributed by atoms with Crippen LogP contribution in [0.15, 0.2) is 14.7 Å². The fourth-order valence-corrected chi connectivity index (χ4v) is 5.74. The summed E-state index contributed by atoms with van der Waals surface area (Å²) < 4.78 is 27.7. The number of hydrogen-bond acceptors (Lipinski definition) is 4. The predicted octanol–water partition coefficient (Wildman–Crippen LogP) is 2.86. The summed E-state index contributed by atoms with van der Waals surface area (Å²) in [5.74, 6) is 0. The monoisotopic (exact) mass is 355 g/mol. The van der Waals surface area contributed by atoms with Gasteiger partial charge in [-0.3, -0.25) is 0 Å². The maximum absolute atomic E-state index is 12.3. The van der Waals surface area contributed by atoms with E-state index in [2.05, 4.69) is 20.7 Å². The summed E-state index contributed by atoms with van der Waals surface area (Å²) in [5.41, 5.74) is -0.478. The molecular formula is C11H18BrNO3S2. The third-order valence-electron chi connectivity index (χ3n) is 2.44. The molecule has 0 aliphatic rings. The van der Waals surface area contributed by atoms with Crippen LogP contribution in [0.1, 0.15) is 38.5 Å². The van der Waals surface area contributed by atoms with Crippen LogP contribution >= 0.6 is 27.3 Å². The van der Waals surface area contributed by atoms with Gasteiger partial charge in [0, 0.05) is 10.4 Å². The van der Waals surface area contributed by atoms with Gasteiger partial charge in [0.2, 0.25) is 10.0 Å². The van der Waals surface area contributed by atoms with Gasteiger partial charge in [-0.15, -0.1) is 11.3 Å². The summed E-state index contributed by atoms with van der Waals surface area (Å²) in [6, 6.07) is 1.50. The first-order valence-electron chi connectivity index (χ1n) is 5.65. The number of halogens is 1. The van der Waals surface area contributed by atoms with Crippen molar-refractivity contribution >= 4 is 37.3 Å². The molecule has 1 rings (SSSR count). The Bertz CT molecular complexity index is 508. The van der Waals surface area contributed by atoms with Crippen LogP contribution in [0.2, 0.25) is 0 Å². The molecule has 1 aromatic rings. The van der Waals surface area contributed by atoms with Crippen LogP contribution in [0.5, 0.6) is 0 Å². The van der Waals surface area contributed by atoms with E-state index in [1.54, 1.807) is 0 Å². The van der Waals surface area contributed by atoms with E-state index in [1.807, 2.05) is 20.8 Å². The highest BCUT2D eigenvalue weighted by Gasteiger charge is 2.28. The first kappa shape index (κ1) is 16.1. The second kappa shape index (κ2) is 6.00. The molecule has 0 bridgehead atoms. The van der Waals surface area contributed by atoms with Crippen molar-refractivity contribution in [1.29, 1.82) is 0 Å². The van der Waals surface area contributed by atoms with Gasteiger partial charge in [-0.2, -0.15) is 0 Å². The van der Waals surface area contributed by atoms with Crippen LogP contribution in [-0.4, -0.2) is 19.1 Å². The molecule has 1 heterocycles. The van der Waals surface area contributed by atoms with Crippen LogP contribution in [0, 0.1) is 0 Å². The molecule has 104 valence electrons. The Hall–Kier alpha value is 0.0500. The van der Waals surface area contributed by atoms with Gasteiger partial charge in [0.05, 0.1) is 10.4 Å². The summed E-state index contributed by atoms with van der Waals surface area (Å²) in [5, 5.41) is 9.03. The molecule has 1 aromatic heterocycles. The average molecular weight is 356 g/mol. The lowest BCUT2D eigenvalue weighted by Gasteiger charge is -2.25. The van der Waals surface area contributed by atoms with Gasteiger partial charge in [-0.25, -0.2) is 13.1 Å². The number of rotatable bonds is 6. The molecule has 0 saturated carbocycles. The molecule has 2 N–H and O–H groups in total. The minimum atomic E-state index is -3.56. The van der Waals surface area contributed by atoms with Gasteiger partial charge in [-0.05, 0) is 42.3 Å². The zero-order valence-electron chi connectivity index (χ0n) is 10.7. The molecule has 0 saturated heterocycles. The maximum atomic E-state index is 12.3. The smallest absolute Gasteiger partial charge is 0.243 e. The minimum absolute atomic E-state index is 0.156. The standard InChI is InChI=1S/C11H18BrNO3S2/c1-4-5-11(2,3)13-18(15,16)9-6-8(7-14)17-10(9)12/h6,13-14H,4-5,7H2,1-3H3. The fraction of sp³-hybridized carbons (Fsp3) is 0.636. The lowest BCUT2D eigenvalue weighted by molar-refractivity contribution is 0.285. The molecule has 0 radical (unpaired) electrons. The molecule has 0 fully saturated rings. The SMILES string of the molecule is CCCC(C)(C)NS(=O)(=O)c1cc(CO)sc1Br. The minimum Gasteiger partial charge on any atom is -0.391 e. The van der Waals surface area contributed by atoms with Crippen LogP contribution in [0.4, 0.5) is 0 Å². The van der Waals surface area contributed by atoms with Crippen molar-refractivity contribution in [2.45, 2.75) is 50.7 Å². The van der Waals surface area contributed by atoms with Crippen LogP contribution in [0.3, 0.4) is 0 Å². The molecular weight excluding hydrogens is 338 g/mol. The number of sulfonamides is 1. The van der Waals surface area contributed by atoms with Crippen molar-refractivity contribution in [2.75, 3.05) is 0 Å². The highest BCUT2D eigenvalue weighted by Crippen LogP contribution is 2.32. The third-order valence-corrected chi connectivity index (χ3v) is 6.37. The van der Waals surface area contributed by atoms with E-state index >= 15 is 0 Å². The summed E-state index contributed by atoms with van der Waals surface area (Å²) in [6.07, 6.45) is 1.67. The first-order chi connectivity index (χ1) is 8.22. The number of thiophene rings is 1. The van der Waals surface area contributed by atoms with E-state index in [4.69, 9.17) is 5.11 Å². The molecule has 0 aliphatic carbocycles. The quantitative estimate of drug-likeness (QED) is 0.824. The van der Waals surface area contributed by atoms with Crippen molar-refractivity contribution in [1.82, 2.24) is 4.72 Å². The molecule has 0 aliphatic heterocycles. The molecule has 4 nitrogen and oxygen atoms in total. The Morgan fingerprint density at radius 2 is 2.11 bits per heavy atom. The highest BCUT2D eigenvalue weighted by molar-refractivity contribution is 9.11. The lowest BCUT2D eigenvalue weighted by Crippen LogP contribution is -2.43. The van der Waals surface area contributed by atoms with Gasteiger partial charge >= 0.3 is 0 Å². The molecule has 0 spiro atoms. The molecule has 0 amide bonds. The van der Waals surface area contributed by atoms with Crippen molar-refractivity contribution < 1.29 is 13.5 Å². The normalized spacial score (nSPS) is 12.9. The van der Waals surface area contributed by atoms with E-state index < -0.39 is 15.6 Å². The predicted molar refractivity (Wildman–Crippen MR) is 77.3 cm³/mol. The Morgan fingerprint density at radius 1 is 1.50 bits per heavy atom. The lowest BCUT2D eigenvalue weighted by atomic mass is 10.0. The van der Waals surface area contributed by atoms with Gasteiger partial charge in [0.1, 0.15) is 4.90 Å². The molecule has 7 heteroatoms. The van der Waals surface area contributed by atoms with Crippen molar-refractivity contribution in [3.63, 3.8) is 0 Å². The summed E-state index contributed by atoms with van der Waals surface area (Å²) in [4.78, 5) is 0.816. The van der Waals surface area contributed by atoms with Crippen LogP contribution in [0.25, 0.3) is 0 Å². The topological polar surface area (TPSA) is 66.4 Å². The Kier molecular flexibility index (Phi) is 5.37. The van der Waals surface area contributed by atoms with Gasteiger partial charge in [0.25, 0.3) is 0 Å². The van der Waals surface area contributed by atoms with Crippen molar-refractivity contribution in [2.24, 2.45) is 0 Å². The largest absolute Gasteiger partial charge is 0.391 e. The van der Waals surface area contributed by atoms with E-state index in [-0.39, 0.29) is 11.5 Å². The molecule has 0 unspecified atom stereocenters. The third kappa shape index (κ3) is 4.03. The first-order valence-corrected chi connectivity index (χ1v) is 8.74. The van der Waals surface area contributed by atoms with Crippen LogP contribution < -0.4 is 4.72 Å². The van der Waals surface area contributed by atoms with Gasteiger partial charge in [-0.1, -0.05) is 13.3 Å². The molecule has 18 heavy (non-hydrogen) atoms. The summed E-state index contributed by atoms with van der Waals surface area (Å²) >= 11 is 4.46. The number of aliphatic hydroxyl groups is 1. The fourth-order valence-electron chi connectivity index (χ4n) is 1.75. The molecule has 0 aromatic carbocycles. The number of aliphatic hydroxyl groups excluding tert-OH is 1. The second-order valence-corrected chi connectivity index (χ2v) is 8.85. The van der Waals surface area contributed by atoms with E-state index in [9.17, 15) is 8.42 Å². The summed E-state index contributed by atoms with van der Waals surface area (Å²) in [7, 11) is -3.56. The summed E-state index contributed by atoms with van der Waals surface area (Å²) in [6.45, 7) is 5.58. The van der Waals surface area contributed by atoms with Crippen molar-refractivity contribution in [3.05, 3.63) is 14.7 Å². The molecule has 0 atom stereocenters. The van der Waals surface area contributed by atoms with E-state index in [0.717, 1.165) is 12.8 Å². The second-order valence-electron chi connectivity index (χ2n) is 4.75. The maximum Gasteiger partial charge on any atom is 0.243 e. The number of hydrogen-bond donors (Lipinski definition) is 2. The van der Waals surface area contributed by atoms with E-state index in [1.165, 1.54) is 17.4 Å². The van der Waals surface area contributed by atoms with Gasteiger partial charge in [0.15, 0.2) is 0 Å². The highest BCUT2D eigenvalue weighted by atomic mass is 79.9. The van der Waals surface area contributed by atoms with Crippen LogP contribution in [-0.2, 0) is 16.6 Å². The Labute approximate surface area is 121 Å². The number of nitrogens with one attached hydrogen (secondary N) is 1. The van der Waals surface area contributed by atoms with Gasteiger partial charge < -0.3 is 5.11 Å². The van der Waals surface area contributed by atoms with E-state index in [0.29, 0.717) is 8.66 Å². The zero-order valence-corrected chi connectivity index (χ0v) is 13.9.